The first-order valence-electron chi connectivity index (χ1n) is 10.0. The van der Waals surface area contributed by atoms with Crippen LogP contribution in [-0.2, 0) is 19.9 Å². The summed E-state index contributed by atoms with van der Waals surface area (Å²) < 4.78 is 25.1. The summed E-state index contributed by atoms with van der Waals surface area (Å²) in [6.07, 6.45) is 2.61. The summed E-state index contributed by atoms with van der Waals surface area (Å²) in [5, 5.41) is 9.20. The van der Waals surface area contributed by atoms with Crippen molar-refractivity contribution in [1.82, 2.24) is 24.4 Å². The van der Waals surface area contributed by atoms with Gasteiger partial charge in [0.15, 0.2) is 11.6 Å². The lowest BCUT2D eigenvalue weighted by Gasteiger charge is -2.20. The minimum atomic E-state index is -0.481. The van der Waals surface area contributed by atoms with Crippen LogP contribution in [0.2, 0.25) is 0 Å². The maximum Gasteiger partial charge on any atom is 0.166 e. The molecule has 0 radical (unpaired) electrons. The highest BCUT2D eigenvalue weighted by Crippen LogP contribution is 2.39. The molecule has 1 aromatic carbocycles. The number of nitrogen functional groups attached to an aromatic ring is 1. The van der Waals surface area contributed by atoms with Gasteiger partial charge in [0.2, 0.25) is 0 Å². The van der Waals surface area contributed by atoms with Gasteiger partial charge in [0.25, 0.3) is 0 Å². The summed E-state index contributed by atoms with van der Waals surface area (Å²) in [5.74, 6) is 0.397. The Labute approximate surface area is 182 Å². The van der Waals surface area contributed by atoms with Gasteiger partial charge in [-0.05, 0) is 49.1 Å². The Kier molecular flexibility index (Phi) is 4.70. The summed E-state index contributed by atoms with van der Waals surface area (Å²) in [6.45, 7) is 3.97. The Morgan fingerprint density at radius 3 is 2.90 bits per heavy atom. The van der Waals surface area contributed by atoms with Gasteiger partial charge in [-0.3, -0.25) is 0 Å². The van der Waals surface area contributed by atoms with E-state index in [2.05, 4.69) is 22.1 Å². The summed E-state index contributed by atoms with van der Waals surface area (Å²) in [5.41, 5.74) is 11.9. The number of anilines is 1. The van der Waals surface area contributed by atoms with E-state index in [1.807, 2.05) is 13.0 Å². The third-order valence-electron chi connectivity index (χ3n) is 5.45. The number of aromatic nitrogens is 5. The van der Waals surface area contributed by atoms with E-state index in [9.17, 15) is 4.39 Å². The number of hydrogen-bond donors (Lipinski definition) is 1. The molecule has 1 aliphatic heterocycles. The lowest BCUT2D eigenvalue weighted by Crippen LogP contribution is -2.09. The van der Waals surface area contributed by atoms with E-state index in [0.717, 1.165) is 39.4 Å². The van der Waals surface area contributed by atoms with Crippen LogP contribution in [0.4, 0.5) is 10.2 Å². The third kappa shape index (κ3) is 3.34. The van der Waals surface area contributed by atoms with Gasteiger partial charge in [0, 0.05) is 46.8 Å². The van der Waals surface area contributed by atoms with Gasteiger partial charge >= 0.3 is 0 Å². The molecule has 4 aromatic rings. The first kappa shape index (κ1) is 19.6. The molecule has 0 unspecified atom stereocenters. The van der Waals surface area contributed by atoms with Crippen LogP contribution in [0.1, 0.15) is 41.8 Å². The predicted octanol–water partition coefficient (Wildman–Crippen LogP) is 4.33. The van der Waals surface area contributed by atoms with E-state index in [1.54, 1.807) is 19.3 Å². The van der Waals surface area contributed by atoms with Crippen molar-refractivity contribution in [2.24, 2.45) is 7.05 Å². The van der Waals surface area contributed by atoms with Crippen molar-refractivity contribution < 1.29 is 9.13 Å². The Balaban J connectivity index is 1.81. The fourth-order valence-electron chi connectivity index (χ4n) is 4.01. The van der Waals surface area contributed by atoms with Crippen molar-refractivity contribution in [1.29, 1.82) is 0 Å². The van der Waals surface area contributed by atoms with E-state index >= 15 is 0 Å². The van der Waals surface area contributed by atoms with E-state index < -0.39 is 6.10 Å². The quantitative estimate of drug-likeness (QED) is 0.478. The van der Waals surface area contributed by atoms with Crippen LogP contribution < -0.4 is 10.5 Å². The van der Waals surface area contributed by atoms with Gasteiger partial charge in [-0.2, -0.15) is 19.4 Å². The molecule has 4 heterocycles. The number of rotatable bonds is 1. The molecule has 0 fully saturated rings. The van der Waals surface area contributed by atoms with Gasteiger partial charge in [-0.1, -0.05) is 6.92 Å². The van der Waals surface area contributed by atoms with E-state index in [1.165, 1.54) is 28.5 Å². The first-order valence-corrected chi connectivity index (χ1v) is 10.8. The number of pyridine rings is 1. The molecule has 31 heavy (non-hydrogen) atoms. The van der Waals surface area contributed by atoms with Crippen molar-refractivity contribution in [3.63, 3.8) is 0 Å². The van der Waals surface area contributed by atoms with Gasteiger partial charge in [0.1, 0.15) is 17.6 Å². The molecular weight excluding hydrogens is 415 g/mol. The van der Waals surface area contributed by atoms with Crippen LogP contribution in [0.5, 0.6) is 5.75 Å². The van der Waals surface area contributed by atoms with Crippen molar-refractivity contribution in [3.8, 4) is 28.1 Å². The highest BCUT2D eigenvalue weighted by molar-refractivity contribution is 7.06. The van der Waals surface area contributed by atoms with E-state index in [4.69, 9.17) is 14.8 Å². The zero-order valence-electron chi connectivity index (χ0n) is 17.4. The summed E-state index contributed by atoms with van der Waals surface area (Å²) in [7, 11) is 1.78. The molecule has 0 aliphatic carbocycles. The van der Waals surface area contributed by atoms with Crippen molar-refractivity contribution in [2.45, 2.75) is 32.8 Å². The Morgan fingerprint density at radius 1 is 1.26 bits per heavy atom. The number of aryl methyl sites for hydroxylation is 2. The third-order valence-corrected chi connectivity index (χ3v) is 6.48. The van der Waals surface area contributed by atoms with Gasteiger partial charge in [-0.15, -0.1) is 0 Å². The topological polar surface area (TPSA) is 91.7 Å². The molecular formula is C22H21FN6OS. The second-order valence-corrected chi connectivity index (χ2v) is 8.40. The molecule has 0 amide bonds. The molecule has 5 rings (SSSR count). The van der Waals surface area contributed by atoms with Crippen LogP contribution in [0.15, 0.2) is 30.5 Å². The van der Waals surface area contributed by atoms with Gasteiger partial charge in [-0.25, -0.2) is 9.37 Å². The van der Waals surface area contributed by atoms with Crippen molar-refractivity contribution in [3.05, 3.63) is 58.1 Å². The van der Waals surface area contributed by atoms with E-state index in [-0.39, 0.29) is 11.6 Å². The fraction of sp³-hybridized carbons (Fsp3) is 0.273. The summed E-state index contributed by atoms with van der Waals surface area (Å²) in [4.78, 5) is 7.06. The fourth-order valence-corrected chi connectivity index (χ4v) is 4.84. The molecule has 7 nitrogen and oxygen atoms in total. The SMILES string of the molecule is CCc1snc2c1-c1cnc(N)c(c1)O[C@H](C)c1cc(F)ccc1-c1nn(C)nc1C2. The zero-order chi connectivity index (χ0) is 21.7. The zero-order valence-corrected chi connectivity index (χ0v) is 18.2. The minimum absolute atomic E-state index is 0.286. The highest BCUT2D eigenvalue weighted by atomic mass is 32.1. The molecule has 1 atom stereocenters. The number of fused-ring (bicyclic) bond motifs is 7. The summed E-state index contributed by atoms with van der Waals surface area (Å²) in [6, 6.07) is 6.52. The second kappa shape index (κ2) is 7.42. The maximum atomic E-state index is 14.2. The normalized spacial score (nSPS) is 15.2. The second-order valence-electron chi connectivity index (χ2n) is 7.54. The molecule has 2 N–H and O–H groups in total. The number of nitrogens with zero attached hydrogens (tertiary/aromatic N) is 5. The number of ether oxygens (including phenoxy) is 1. The van der Waals surface area contributed by atoms with Crippen LogP contribution >= 0.6 is 11.5 Å². The number of nitrogens with two attached hydrogens (primary N) is 1. The Bertz CT molecular complexity index is 1300. The number of benzene rings is 1. The van der Waals surface area contributed by atoms with Gasteiger partial charge in [0.05, 0.1) is 11.4 Å². The molecule has 3 aromatic heterocycles. The number of hydrogen-bond acceptors (Lipinski definition) is 7. The predicted molar refractivity (Wildman–Crippen MR) is 117 cm³/mol. The van der Waals surface area contributed by atoms with E-state index in [0.29, 0.717) is 23.4 Å². The van der Waals surface area contributed by atoms with Crippen LogP contribution in [0, 0.1) is 5.82 Å². The number of halogens is 1. The minimum Gasteiger partial charge on any atom is -0.482 e. The lowest BCUT2D eigenvalue weighted by molar-refractivity contribution is 0.227. The van der Waals surface area contributed by atoms with Gasteiger partial charge < -0.3 is 10.5 Å². The molecule has 1 aliphatic rings. The maximum absolute atomic E-state index is 14.2. The molecule has 2 bridgehead atoms. The smallest absolute Gasteiger partial charge is 0.166 e. The monoisotopic (exact) mass is 436 g/mol. The average Bonchev–Trinajstić information content (AvgIpc) is 3.32. The molecule has 0 saturated carbocycles. The Hall–Kier alpha value is -3.33. The Morgan fingerprint density at radius 2 is 2.10 bits per heavy atom. The molecule has 0 saturated heterocycles. The summed E-state index contributed by atoms with van der Waals surface area (Å²) >= 11 is 1.48. The average molecular weight is 437 g/mol. The van der Waals surface area contributed by atoms with Crippen LogP contribution in [-0.4, -0.2) is 24.4 Å². The highest BCUT2D eigenvalue weighted by Gasteiger charge is 2.25. The largest absolute Gasteiger partial charge is 0.482 e. The lowest BCUT2D eigenvalue weighted by atomic mass is 9.96. The van der Waals surface area contributed by atoms with Crippen molar-refractivity contribution >= 4 is 17.4 Å². The first-order chi connectivity index (χ1) is 14.9. The van der Waals surface area contributed by atoms with Crippen LogP contribution in [0.25, 0.3) is 22.4 Å². The molecule has 0 spiro atoms. The molecule has 9 heteroatoms. The van der Waals surface area contributed by atoms with Crippen LogP contribution in [0.3, 0.4) is 0 Å². The standard InChI is InChI=1S/C22H21FN6OS/c1-4-19-20-12-7-18(22(24)25-10-12)30-11(2)15-8-13(23)5-6-14(15)21-17(26-29(3)27-21)9-16(20)28-31-19/h5-8,10-11H,4,9H2,1-3H3,(H2,24,25)/t11-/m1/s1. The molecule has 158 valence electrons. The van der Waals surface area contributed by atoms with Crippen molar-refractivity contribution in [2.75, 3.05) is 5.73 Å².